The summed E-state index contributed by atoms with van der Waals surface area (Å²) in [6.45, 7) is 4.76. The van der Waals surface area contributed by atoms with Gasteiger partial charge < -0.3 is 10.6 Å². The molecule has 2 N–H and O–H groups in total. The van der Waals surface area contributed by atoms with Crippen LogP contribution >= 0.6 is 12.4 Å². The van der Waals surface area contributed by atoms with E-state index >= 15 is 0 Å². The van der Waals surface area contributed by atoms with E-state index in [1.54, 1.807) is 0 Å². The standard InChI is InChI=1S/C15H22N2O.ClH/c1-3-17(13-9-10-13)15(18)11(2)14(16)12-7-5-4-6-8-12;/h4-8,11,13-14H,3,9-10,16H2,1-2H3;1H. The topological polar surface area (TPSA) is 46.3 Å². The van der Waals surface area contributed by atoms with Gasteiger partial charge in [-0.15, -0.1) is 12.4 Å². The maximum atomic E-state index is 12.4. The van der Waals surface area contributed by atoms with Crippen molar-refractivity contribution < 1.29 is 4.79 Å². The number of rotatable bonds is 5. The van der Waals surface area contributed by atoms with Crippen LogP contribution in [0.15, 0.2) is 30.3 Å². The van der Waals surface area contributed by atoms with Crippen LogP contribution in [0.1, 0.15) is 38.3 Å². The molecule has 0 saturated heterocycles. The van der Waals surface area contributed by atoms with E-state index in [9.17, 15) is 4.79 Å². The molecule has 0 radical (unpaired) electrons. The minimum atomic E-state index is -0.216. The number of nitrogens with zero attached hydrogens (tertiary/aromatic N) is 1. The van der Waals surface area contributed by atoms with E-state index in [1.165, 1.54) is 0 Å². The molecule has 1 saturated carbocycles. The van der Waals surface area contributed by atoms with Crippen LogP contribution in [0.2, 0.25) is 0 Å². The highest BCUT2D eigenvalue weighted by atomic mass is 35.5. The number of nitrogens with two attached hydrogens (primary N) is 1. The average Bonchev–Trinajstić information content (AvgIpc) is 3.23. The predicted molar refractivity (Wildman–Crippen MR) is 80.2 cm³/mol. The van der Waals surface area contributed by atoms with Crippen LogP contribution < -0.4 is 5.73 Å². The van der Waals surface area contributed by atoms with Gasteiger partial charge in [0.15, 0.2) is 0 Å². The van der Waals surface area contributed by atoms with Crippen molar-refractivity contribution in [2.75, 3.05) is 6.54 Å². The molecule has 0 aromatic heterocycles. The van der Waals surface area contributed by atoms with Gasteiger partial charge in [-0.2, -0.15) is 0 Å². The molecule has 1 fully saturated rings. The van der Waals surface area contributed by atoms with Crippen LogP contribution in [0.25, 0.3) is 0 Å². The van der Waals surface area contributed by atoms with Gasteiger partial charge in [0, 0.05) is 18.6 Å². The van der Waals surface area contributed by atoms with Crippen LogP contribution in [-0.4, -0.2) is 23.4 Å². The summed E-state index contributed by atoms with van der Waals surface area (Å²) in [6, 6.07) is 10.1. The van der Waals surface area contributed by atoms with Crippen molar-refractivity contribution in [2.45, 2.75) is 38.8 Å². The molecule has 3 nitrogen and oxygen atoms in total. The first-order valence-corrected chi connectivity index (χ1v) is 6.76. The molecule has 1 aromatic carbocycles. The van der Waals surface area contributed by atoms with Crippen LogP contribution in [0.3, 0.4) is 0 Å². The Morgan fingerprint density at radius 1 is 1.37 bits per heavy atom. The zero-order valence-electron chi connectivity index (χ0n) is 11.6. The summed E-state index contributed by atoms with van der Waals surface area (Å²) in [7, 11) is 0. The minimum absolute atomic E-state index is 0. The summed E-state index contributed by atoms with van der Waals surface area (Å²) in [5, 5.41) is 0. The number of benzene rings is 1. The summed E-state index contributed by atoms with van der Waals surface area (Å²) in [5.41, 5.74) is 7.24. The molecule has 19 heavy (non-hydrogen) atoms. The first-order chi connectivity index (χ1) is 8.65. The van der Waals surface area contributed by atoms with Crippen molar-refractivity contribution >= 4 is 18.3 Å². The number of carbonyl (C=O) groups excluding carboxylic acids is 1. The van der Waals surface area contributed by atoms with E-state index in [4.69, 9.17) is 5.73 Å². The van der Waals surface area contributed by atoms with Crippen molar-refractivity contribution in [3.05, 3.63) is 35.9 Å². The molecule has 2 unspecified atom stereocenters. The molecule has 2 rings (SSSR count). The van der Waals surface area contributed by atoms with Crippen LogP contribution in [0.4, 0.5) is 0 Å². The molecule has 4 heteroatoms. The molecule has 0 heterocycles. The summed E-state index contributed by atoms with van der Waals surface area (Å²) in [6.07, 6.45) is 2.29. The highest BCUT2D eigenvalue weighted by Crippen LogP contribution is 2.30. The zero-order valence-corrected chi connectivity index (χ0v) is 12.4. The zero-order chi connectivity index (χ0) is 13.1. The molecule has 1 aliphatic rings. The second kappa shape index (κ2) is 6.92. The lowest BCUT2D eigenvalue weighted by molar-refractivity contribution is -0.136. The van der Waals surface area contributed by atoms with Crippen molar-refractivity contribution in [1.29, 1.82) is 0 Å². The third-order valence-electron chi connectivity index (χ3n) is 3.72. The molecule has 0 bridgehead atoms. The Morgan fingerprint density at radius 3 is 2.42 bits per heavy atom. The van der Waals surface area contributed by atoms with Crippen LogP contribution in [0.5, 0.6) is 0 Å². The highest BCUT2D eigenvalue weighted by molar-refractivity contribution is 5.85. The van der Waals surface area contributed by atoms with Crippen molar-refractivity contribution in [3.8, 4) is 0 Å². The number of halogens is 1. The number of hydrogen-bond donors (Lipinski definition) is 1. The Labute approximate surface area is 121 Å². The summed E-state index contributed by atoms with van der Waals surface area (Å²) >= 11 is 0. The fourth-order valence-corrected chi connectivity index (χ4v) is 2.36. The molecule has 0 aliphatic heterocycles. The molecule has 1 aromatic rings. The third kappa shape index (κ3) is 3.71. The normalized spacial score (nSPS) is 17.2. The number of carbonyl (C=O) groups is 1. The maximum Gasteiger partial charge on any atom is 0.227 e. The fraction of sp³-hybridized carbons (Fsp3) is 0.533. The molecule has 106 valence electrons. The largest absolute Gasteiger partial charge is 0.340 e. The van der Waals surface area contributed by atoms with E-state index in [0.29, 0.717) is 6.04 Å². The Kier molecular flexibility index (Phi) is 5.83. The van der Waals surface area contributed by atoms with Gasteiger partial charge in [0.25, 0.3) is 0 Å². The van der Waals surface area contributed by atoms with Gasteiger partial charge in [0.05, 0.1) is 5.92 Å². The Bertz CT molecular complexity index is 406. The van der Waals surface area contributed by atoms with Crippen LogP contribution in [-0.2, 0) is 4.79 Å². The average molecular weight is 283 g/mol. The molecule has 1 aliphatic carbocycles. The van der Waals surface area contributed by atoms with E-state index in [1.807, 2.05) is 49.1 Å². The fourth-order valence-electron chi connectivity index (χ4n) is 2.36. The summed E-state index contributed by atoms with van der Waals surface area (Å²) in [5.74, 6) is 0.0318. The lowest BCUT2D eigenvalue weighted by Gasteiger charge is -2.27. The quantitative estimate of drug-likeness (QED) is 0.903. The van der Waals surface area contributed by atoms with E-state index in [0.717, 1.165) is 24.9 Å². The highest BCUT2D eigenvalue weighted by Gasteiger charge is 2.35. The predicted octanol–water partition coefficient (Wildman–Crippen LogP) is 2.76. The SMILES string of the molecule is CCN(C(=O)C(C)C(N)c1ccccc1)C1CC1.Cl. The van der Waals surface area contributed by atoms with Gasteiger partial charge in [0.2, 0.25) is 5.91 Å². The number of hydrogen-bond acceptors (Lipinski definition) is 2. The summed E-state index contributed by atoms with van der Waals surface area (Å²) < 4.78 is 0. The summed E-state index contributed by atoms with van der Waals surface area (Å²) in [4.78, 5) is 14.4. The molecular weight excluding hydrogens is 260 g/mol. The van der Waals surface area contributed by atoms with Crippen molar-refractivity contribution in [1.82, 2.24) is 4.90 Å². The lowest BCUT2D eigenvalue weighted by Crippen LogP contribution is -2.40. The van der Waals surface area contributed by atoms with Gasteiger partial charge in [-0.1, -0.05) is 37.3 Å². The second-order valence-electron chi connectivity index (χ2n) is 5.08. The first-order valence-electron chi connectivity index (χ1n) is 6.76. The van der Waals surface area contributed by atoms with Gasteiger partial charge in [-0.05, 0) is 25.3 Å². The van der Waals surface area contributed by atoms with E-state index in [-0.39, 0.29) is 30.3 Å². The van der Waals surface area contributed by atoms with Gasteiger partial charge in [-0.3, -0.25) is 4.79 Å². The monoisotopic (exact) mass is 282 g/mol. The second-order valence-corrected chi connectivity index (χ2v) is 5.08. The Morgan fingerprint density at radius 2 is 1.95 bits per heavy atom. The van der Waals surface area contributed by atoms with Gasteiger partial charge >= 0.3 is 0 Å². The lowest BCUT2D eigenvalue weighted by atomic mass is 9.94. The third-order valence-corrected chi connectivity index (χ3v) is 3.72. The number of amides is 1. The maximum absolute atomic E-state index is 12.4. The minimum Gasteiger partial charge on any atom is -0.340 e. The van der Waals surface area contributed by atoms with Gasteiger partial charge in [0.1, 0.15) is 0 Å². The van der Waals surface area contributed by atoms with Crippen molar-refractivity contribution in [2.24, 2.45) is 11.7 Å². The Balaban J connectivity index is 0.00000180. The molecule has 2 atom stereocenters. The van der Waals surface area contributed by atoms with Gasteiger partial charge in [-0.25, -0.2) is 0 Å². The molecule has 0 spiro atoms. The van der Waals surface area contributed by atoms with E-state index < -0.39 is 0 Å². The smallest absolute Gasteiger partial charge is 0.227 e. The van der Waals surface area contributed by atoms with Crippen molar-refractivity contribution in [3.63, 3.8) is 0 Å². The molecule has 1 amide bonds. The van der Waals surface area contributed by atoms with E-state index in [2.05, 4.69) is 0 Å². The Hall–Kier alpha value is -1.06. The van der Waals surface area contributed by atoms with Crippen LogP contribution in [0, 0.1) is 5.92 Å². The molecular formula is C15H23ClN2O. The first kappa shape index (κ1) is 16.0.